The largest absolute Gasteiger partial charge is 0.492 e. The summed E-state index contributed by atoms with van der Waals surface area (Å²) in [5.41, 5.74) is 1.27. The Morgan fingerprint density at radius 2 is 2.05 bits per heavy atom. The van der Waals surface area contributed by atoms with Crippen LogP contribution in [0.2, 0.25) is 0 Å². The highest BCUT2D eigenvalue weighted by atomic mass is 16.5. The van der Waals surface area contributed by atoms with E-state index in [2.05, 4.69) is 30.6 Å². The minimum Gasteiger partial charge on any atom is -0.492 e. The molecule has 3 nitrogen and oxygen atoms in total. The van der Waals surface area contributed by atoms with Crippen LogP contribution in [-0.4, -0.2) is 41.8 Å². The average Bonchev–Trinajstić information content (AvgIpc) is 2.80. The van der Waals surface area contributed by atoms with Gasteiger partial charge in [0.15, 0.2) is 0 Å². The van der Waals surface area contributed by atoms with Crippen LogP contribution in [0, 0.1) is 11.8 Å². The Bertz CT molecular complexity index is 496. The third-order valence-electron chi connectivity index (χ3n) is 4.03. The van der Waals surface area contributed by atoms with Crippen molar-refractivity contribution in [3.05, 3.63) is 29.8 Å². The number of ether oxygens (including phenoxy) is 1. The van der Waals surface area contributed by atoms with Crippen molar-refractivity contribution in [2.45, 2.75) is 38.6 Å². The van der Waals surface area contributed by atoms with Crippen molar-refractivity contribution in [1.82, 2.24) is 4.90 Å². The minimum absolute atomic E-state index is 0.112. The van der Waals surface area contributed by atoms with E-state index in [0.717, 1.165) is 24.5 Å². The molecule has 1 aliphatic rings. The van der Waals surface area contributed by atoms with E-state index in [4.69, 9.17) is 9.84 Å². The van der Waals surface area contributed by atoms with Crippen LogP contribution in [0.15, 0.2) is 24.3 Å². The van der Waals surface area contributed by atoms with Gasteiger partial charge in [0.05, 0.1) is 6.61 Å². The molecule has 0 saturated carbocycles. The first kappa shape index (κ1) is 15.9. The molecule has 0 aliphatic carbocycles. The molecule has 1 fully saturated rings. The molecule has 1 saturated heterocycles. The molecule has 0 amide bonds. The van der Waals surface area contributed by atoms with Crippen molar-refractivity contribution >= 4 is 0 Å². The Morgan fingerprint density at radius 3 is 2.67 bits per heavy atom. The predicted octanol–water partition coefficient (Wildman–Crippen LogP) is 2.67. The van der Waals surface area contributed by atoms with E-state index in [1.54, 1.807) is 0 Å². The number of rotatable bonds is 5. The number of benzene rings is 1. The second-order valence-electron chi connectivity index (χ2n) is 6.05. The second-order valence-corrected chi connectivity index (χ2v) is 6.05. The van der Waals surface area contributed by atoms with E-state index in [1.165, 1.54) is 19.4 Å². The molecular formula is C18H25NO2. The highest BCUT2D eigenvalue weighted by molar-refractivity contribution is 5.38. The molecule has 114 valence electrons. The van der Waals surface area contributed by atoms with E-state index in [-0.39, 0.29) is 6.61 Å². The Labute approximate surface area is 127 Å². The van der Waals surface area contributed by atoms with E-state index in [0.29, 0.717) is 12.0 Å². The van der Waals surface area contributed by atoms with Crippen molar-refractivity contribution < 1.29 is 9.84 Å². The van der Waals surface area contributed by atoms with Gasteiger partial charge in [-0.25, -0.2) is 0 Å². The number of nitrogens with zero attached hydrogens (tertiary/aromatic N) is 1. The minimum atomic E-state index is 0.112. The lowest BCUT2D eigenvalue weighted by molar-refractivity contribution is 0.143. The molecule has 1 N–H and O–H groups in total. The molecule has 1 aromatic carbocycles. The first-order chi connectivity index (χ1) is 10.1. The number of hydrogen-bond donors (Lipinski definition) is 1. The van der Waals surface area contributed by atoms with Gasteiger partial charge in [0, 0.05) is 24.1 Å². The van der Waals surface area contributed by atoms with Crippen LogP contribution in [-0.2, 0) is 0 Å². The lowest BCUT2D eigenvalue weighted by Gasteiger charge is -2.31. The quantitative estimate of drug-likeness (QED) is 0.845. The van der Waals surface area contributed by atoms with Gasteiger partial charge in [0.25, 0.3) is 0 Å². The van der Waals surface area contributed by atoms with Crippen molar-refractivity contribution in [2.24, 2.45) is 0 Å². The van der Waals surface area contributed by atoms with Crippen LogP contribution in [0.5, 0.6) is 5.75 Å². The zero-order valence-electron chi connectivity index (χ0n) is 13.1. The molecule has 1 aromatic rings. The maximum atomic E-state index is 8.69. The summed E-state index contributed by atoms with van der Waals surface area (Å²) in [4.78, 5) is 2.50. The van der Waals surface area contributed by atoms with Crippen LogP contribution >= 0.6 is 0 Å². The summed E-state index contributed by atoms with van der Waals surface area (Å²) in [6.07, 6.45) is 3.08. The molecule has 0 unspecified atom stereocenters. The summed E-state index contributed by atoms with van der Waals surface area (Å²) in [5, 5.41) is 8.69. The molecule has 0 radical (unpaired) electrons. The van der Waals surface area contributed by atoms with E-state index in [9.17, 15) is 0 Å². The van der Waals surface area contributed by atoms with Gasteiger partial charge in [-0.1, -0.05) is 11.8 Å². The molecule has 0 spiro atoms. The zero-order chi connectivity index (χ0) is 15.1. The van der Waals surface area contributed by atoms with Gasteiger partial charge in [-0.2, -0.15) is 0 Å². The van der Waals surface area contributed by atoms with Crippen LogP contribution in [0.4, 0.5) is 0 Å². The van der Waals surface area contributed by atoms with Gasteiger partial charge in [-0.05, 0) is 57.5 Å². The van der Waals surface area contributed by atoms with Gasteiger partial charge in [0.2, 0.25) is 0 Å². The highest BCUT2D eigenvalue weighted by Gasteiger charge is 2.31. The van der Waals surface area contributed by atoms with Gasteiger partial charge in [-0.3, -0.25) is 4.90 Å². The Hall–Kier alpha value is -1.50. The topological polar surface area (TPSA) is 32.7 Å². The third-order valence-corrected chi connectivity index (χ3v) is 4.03. The molecule has 0 atom stereocenters. The summed E-state index contributed by atoms with van der Waals surface area (Å²) in [7, 11) is 0. The van der Waals surface area contributed by atoms with Crippen molar-refractivity contribution in [1.29, 1.82) is 0 Å². The SMILES string of the molecule is CC1(C)CCCN1CCOc1ccc(C#CCCO)cc1. The maximum absolute atomic E-state index is 8.69. The van der Waals surface area contributed by atoms with E-state index >= 15 is 0 Å². The summed E-state index contributed by atoms with van der Waals surface area (Å²) < 4.78 is 5.81. The number of hydrogen-bond acceptors (Lipinski definition) is 3. The summed E-state index contributed by atoms with van der Waals surface area (Å²) in [6.45, 7) is 7.60. The first-order valence-electron chi connectivity index (χ1n) is 7.69. The normalized spacial score (nSPS) is 17.3. The monoisotopic (exact) mass is 287 g/mol. The lowest BCUT2D eigenvalue weighted by Crippen LogP contribution is -2.40. The van der Waals surface area contributed by atoms with Crippen LogP contribution in [0.25, 0.3) is 0 Å². The molecule has 0 bridgehead atoms. The summed E-state index contributed by atoms with van der Waals surface area (Å²) >= 11 is 0. The smallest absolute Gasteiger partial charge is 0.119 e. The van der Waals surface area contributed by atoms with Gasteiger partial charge >= 0.3 is 0 Å². The Balaban J connectivity index is 1.78. The van der Waals surface area contributed by atoms with E-state index in [1.807, 2.05) is 24.3 Å². The van der Waals surface area contributed by atoms with Crippen LogP contribution in [0.1, 0.15) is 38.7 Å². The van der Waals surface area contributed by atoms with E-state index < -0.39 is 0 Å². The Morgan fingerprint density at radius 1 is 1.29 bits per heavy atom. The highest BCUT2D eigenvalue weighted by Crippen LogP contribution is 2.27. The zero-order valence-corrected chi connectivity index (χ0v) is 13.1. The van der Waals surface area contributed by atoms with Crippen molar-refractivity contribution in [3.8, 4) is 17.6 Å². The number of likely N-dealkylation sites (tertiary alicyclic amines) is 1. The fourth-order valence-electron chi connectivity index (χ4n) is 2.71. The molecule has 3 heteroatoms. The fraction of sp³-hybridized carbons (Fsp3) is 0.556. The lowest BCUT2D eigenvalue weighted by atomic mass is 10.0. The molecule has 21 heavy (non-hydrogen) atoms. The molecular weight excluding hydrogens is 262 g/mol. The van der Waals surface area contributed by atoms with Crippen molar-refractivity contribution in [3.63, 3.8) is 0 Å². The molecule has 1 aliphatic heterocycles. The maximum Gasteiger partial charge on any atom is 0.119 e. The fourth-order valence-corrected chi connectivity index (χ4v) is 2.71. The Kier molecular flexibility index (Phi) is 5.67. The van der Waals surface area contributed by atoms with Gasteiger partial charge < -0.3 is 9.84 Å². The number of aliphatic hydroxyl groups excluding tert-OH is 1. The van der Waals surface area contributed by atoms with Gasteiger partial charge in [0.1, 0.15) is 12.4 Å². The second kappa shape index (κ2) is 7.49. The predicted molar refractivity (Wildman–Crippen MR) is 85.4 cm³/mol. The summed E-state index contributed by atoms with van der Waals surface area (Å²) in [5.74, 6) is 6.81. The van der Waals surface area contributed by atoms with Crippen LogP contribution < -0.4 is 4.74 Å². The van der Waals surface area contributed by atoms with Crippen LogP contribution in [0.3, 0.4) is 0 Å². The summed E-state index contributed by atoms with van der Waals surface area (Å²) in [6, 6.07) is 7.83. The van der Waals surface area contributed by atoms with Gasteiger partial charge in [-0.15, -0.1) is 0 Å². The molecule has 0 aromatic heterocycles. The molecule has 2 rings (SSSR count). The first-order valence-corrected chi connectivity index (χ1v) is 7.69. The number of aliphatic hydroxyl groups is 1. The van der Waals surface area contributed by atoms with Crippen molar-refractivity contribution in [2.75, 3.05) is 26.3 Å². The third kappa shape index (κ3) is 4.77. The molecule has 1 heterocycles. The average molecular weight is 287 g/mol. The standard InChI is InChI=1S/C18H25NO2/c1-18(2)11-5-12-19(18)13-15-21-17-9-7-16(8-10-17)6-3-4-14-20/h7-10,20H,4-5,11-15H2,1-2H3.